The summed E-state index contributed by atoms with van der Waals surface area (Å²) in [7, 11) is 0. The second-order valence-electron chi connectivity index (χ2n) is 5.90. The van der Waals surface area contributed by atoms with Crippen molar-refractivity contribution in [1.82, 2.24) is 0 Å². The molecule has 0 N–H and O–H groups in total. The Labute approximate surface area is 132 Å². The lowest BCUT2D eigenvalue weighted by atomic mass is 9.76. The van der Waals surface area contributed by atoms with Crippen LogP contribution in [0.3, 0.4) is 0 Å². The minimum absolute atomic E-state index is 0.00760. The number of benzene rings is 2. The maximum atomic E-state index is 12.9. The van der Waals surface area contributed by atoms with E-state index in [-0.39, 0.29) is 11.5 Å². The topological polar surface area (TPSA) is 69.4 Å². The summed E-state index contributed by atoms with van der Waals surface area (Å²) in [5, 5.41) is 11.0. The summed E-state index contributed by atoms with van der Waals surface area (Å²) in [6.07, 6.45) is 2.17. The number of nitro groups is 1. The number of nitro benzene ring substituents is 1. The van der Waals surface area contributed by atoms with Crippen molar-refractivity contribution in [3.8, 4) is 5.75 Å². The Morgan fingerprint density at radius 3 is 2.78 bits per heavy atom. The number of ketones is 1. The lowest BCUT2D eigenvalue weighted by molar-refractivity contribution is -0.384. The van der Waals surface area contributed by atoms with Gasteiger partial charge in [-0.3, -0.25) is 14.9 Å². The average molecular weight is 307 g/mol. The molecule has 0 aromatic heterocycles. The number of hydrogen-bond acceptors (Lipinski definition) is 4. The predicted molar refractivity (Wildman–Crippen MR) is 84.2 cm³/mol. The standard InChI is InChI=1S/C18H13NO4/c1-11-8-12-4-2-3-5-15(12)18(17(11)20)10-13-9-14(19(21)22)6-7-16(13)23-18/h2-9H,10H2,1H3/t18-/m1/s1. The van der Waals surface area contributed by atoms with Crippen molar-refractivity contribution in [3.63, 3.8) is 0 Å². The third-order valence-electron chi connectivity index (χ3n) is 4.47. The van der Waals surface area contributed by atoms with Crippen LogP contribution in [0.2, 0.25) is 0 Å². The summed E-state index contributed by atoms with van der Waals surface area (Å²) in [5.41, 5.74) is 1.99. The zero-order chi connectivity index (χ0) is 16.2. The normalized spacial score (nSPS) is 21.4. The van der Waals surface area contributed by atoms with Crippen molar-refractivity contribution in [1.29, 1.82) is 0 Å². The molecule has 5 heteroatoms. The molecule has 5 nitrogen and oxygen atoms in total. The quantitative estimate of drug-likeness (QED) is 0.598. The first-order chi connectivity index (χ1) is 11.0. The number of rotatable bonds is 1. The van der Waals surface area contributed by atoms with Gasteiger partial charge in [-0.15, -0.1) is 0 Å². The van der Waals surface area contributed by atoms with E-state index < -0.39 is 10.5 Å². The highest BCUT2D eigenvalue weighted by atomic mass is 16.6. The summed E-state index contributed by atoms with van der Waals surface area (Å²) in [5.74, 6) is 0.448. The fourth-order valence-electron chi connectivity index (χ4n) is 3.42. The number of nitrogens with zero attached hydrogens (tertiary/aromatic N) is 1. The fourth-order valence-corrected chi connectivity index (χ4v) is 3.42. The lowest BCUT2D eigenvalue weighted by Gasteiger charge is -2.32. The van der Waals surface area contributed by atoms with Crippen LogP contribution in [0.1, 0.15) is 23.6 Å². The predicted octanol–water partition coefficient (Wildman–Crippen LogP) is 3.41. The van der Waals surface area contributed by atoms with Crippen LogP contribution in [0.4, 0.5) is 5.69 Å². The molecule has 2 aliphatic rings. The third-order valence-corrected chi connectivity index (χ3v) is 4.47. The number of fused-ring (bicyclic) bond motifs is 3. The van der Waals surface area contributed by atoms with E-state index in [0.29, 0.717) is 23.3 Å². The lowest BCUT2D eigenvalue weighted by Crippen LogP contribution is -2.43. The molecular weight excluding hydrogens is 294 g/mol. The van der Waals surface area contributed by atoms with Gasteiger partial charge in [0.2, 0.25) is 11.4 Å². The summed E-state index contributed by atoms with van der Waals surface area (Å²) in [6, 6.07) is 12.1. The van der Waals surface area contributed by atoms with Crippen molar-refractivity contribution < 1.29 is 14.5 Å². The van der Waals surface area contributed by atoms with Gasteiger partial charge in [-0.05, 0) is 30.2 Å². The molecule has 0 fully saturated rings. The van der Waals surface area contributed by atoms with Gasteiger partial charge in [0.15, 0.2) is 0 Å². The molecule has 1 spiro atoms. The summed E-state index contributed by atoms with van der Waals surface area (Å²) < 4.78 is 6.07. The molecule has 1 aliphatic heterocycles. The van der Waals surface area contributed by atoms with Gasteiger partial charge in [0.25, 0.3) is 5.69 Å². The Morgan fingerprint density at radius 1 is 1.22 bits per heavy atom. The maximum absolute atomic E-state index is 12.9. The van der Waals surface area contributed by atoms with Gasteiger partial charge in [-0.25, -0.2) is 0 Å². The summed E-state index contributed by atoms with van der Waals surface area (Å²) >= 11 is 0. The van der Waals surface area contributed by atoms with Crippen LogP contribution >= 0.6 is 0 Å². The summed E-state index contributed by atoms with van der Waals surface area (Å²) in [4.78, 5) is 23.4. The van der Waals surface area contributed by atoms with Crippen molar-refractivity contribution >= 4 is 17.5 Å². The monoisotopic (exact) mass is 307 g/mol. The van der Waals surface area contributed by atoms with Crippen molar-refractivity contribution in [2.75, 3.05) is 0 Å². The Hall–Kier alpha value is -2.95. The molecular formula is C18H13NO4. The van der Waals surface area contributed by atoms with E-state index in [9.17, 15) is 14.9 Å². The molecule has 114 valence electrons. The van der Waals surface area contributed by atoms with Crippen molar-refractivity contribution in [2.45, 2.75) is 18.9 Å². The zero-order valence-corrected chi connectivity index (χ0v) is 12.4. The number of Topliss-reactive ketones (excluding diaryl/α,β-unsaturated/α-hetero) is 1. The molecule has 2 aromatic rings. The number of carbonyl (C=O) groups is 1. The smallest absolute Gasteiger partial charge is 0.269 e. The van der Waals surface area contributed by atoms with E-state index in [0.717, 1.165) is 11.1 Å². The van der Waals surface area contributed by atoms with Crippen molar-refractivity contribution in [2.24, 2.45) is 0 Å². The van der Waals surface area contributed by atoms with Gasteiger partial charge < -0.3 is 4.74 Å². The Kier molecular flexibility index (Phi) is 2.69. The van der Waals surface area contributed by atoms with Gasteiger partial charge in [0.1, 0.15) is 5.75 Å². The van der Waals surface area contributed by atoms with Crippen LogP contribution in [-0.2, 0) is 16.8 Å². The first-order valence-corrected chi connectivity index (χ1v) is 7.30. The third kappa shape index (κ3) is 1.83. The van der Waals surface area contributed by atoms with Crippen LogP contribution in [-0.4, -0.2) is 10.7 Å². The molecule has 1 atom stereocenters. The molecule has 0 radical (unpaired) electrons. The molecule has 1 aliphatic carbocycles. The molecule has 23 heavy (non-hydrogen) atoms. The van der Waals surface area contributed by atoms with Gasteiger partial charge >= 0.3 is 0 Å². The van der Waals surface area contributed by atoms with Crippen LogP contribution in [0.25, 0.3) is 6.08 Å². The molecule has 0 unspecified atom stereocenters. The van der Waals surface area contributed by atoms with Crippen LogP contribution in [0, 0.1) is 10.1 Å². The highest BCUT2D eigenvalue weighted by Gasteiger charge is 2.50. The van der Waals surface area contributed by atoms with E-state index in [1.54, 1.807) is 13.0 Å². The van der Waals surface area contributed by atoms with Crippen LogP contribution < -0.4 is 4.74 Å². The highest BCUT2D eigenvalue weighted by molar-refractivity contribution is 6.09. The van der Waals surface area contributed by atoms with E-state index in [2.05, 4.69) is 0 Å². The summed E-state index contributed by atoms with van der Waals surface area (Å²) in [6.45, 7) is 1.77. The first-order valence-electron chi connectivity index (χ1n) is 7.30. The second-order valence-corrected chi connectivity index (χ2v) is 5.90. The Bertz CT molecular complexity index is 900. The molecule has 0 amide bonds. The highest BCUT2D eigenvalue weighted by Crippen LogP contribution is 2.47. The average Bonchev–Trinajstić information content (AvgIpc) is 2.92. The molecule has 4 rings (SSSR count). The number of ether oxygens (including phenoxy) is 1. The fraction of sp³-hybridized carbons (Fsp3) is 0.167. The minimum Gasteiger partial charge on any atom is -0.474 e. The van der Waals surface area contributed by atoms with E-state index >= 15 is 0 Å². The number of carbonyl (C=O) groups excluding carboxylic acids is 1. The number of non-ortho nitro benzene ring substituents is 1. The maximum Gasteiger partial charge on any atom is 0.269 e. The van der Waals surface area contributed by atoms with Crippen LogP contribution in [0.15, 0.2) is 48.0 Å². The van der Waals surface area contributed by atoms with Gasteiger partial charge in [-0.1, -0.05) is 24.3 Å². The first kappa shape index (κ1) is 13.7. The molecule has 2 aromatic carbocycles. The zero-order valence-electron chi connectivity index (χ0n) is 12.4. The number of hydrogen-bond donors (Lipinski definition) is 0. The second kappa shape index (κ2) is 4.52. The Balaban J connectivity index is 1.88. The van der Waals surface area contributed by atoms with Crippen molar-refractivity contribution in [3.05, 3.63) is 74.8 Å². The van der Waals surface area contributed by atoms with Crippen LogP contribution in [0.5, 0.6) is 5.75 Å². The Morgan fingerprint density at radius 2 is 2.00 bits per heavy atom. The molecule has 0 saturated heterocycles. The van der Waals surface area contributed by atoms with E-state index in [1.807, 2.05) is 30.3 Å². The molecule has 1 heterocycles. The van der Waals surface area contributed by atoms with Gasteiger partial charge in [-0.2, -0.15) is 0 Å². The molecule has 0 bridgehead atoms. The minimum atomic E-state index is -1.10. The molecule has 0 saturated carbocycles. The van der Waals surface area contributed by atoms with E-state index in [4.69, 9.17) is 4.74 Å². The van der Waals surface area contributed by atoms with Gasteiger partial charge in [0.05, 0.1) is 4.92 Å². The van der Waals surface area contributed by atoms with Gasteiger partial charge in [0, 0.05) is 29.7 Å². The SMILES string of the molecule is CC1=Cc2ccccc2[C@]2(Cc3cc([N+](=O)[O-])ccc3O2)C1=O. The largest absolute Gasteiger partial charge is 0.474 e. The van der Waals surface area contributed by atoms with E-state index in [1.165, 1.54) is 12.1 Å².